The maximum atomic E-state index is 13.0. The molecule has 1 aromatic rings. The van der Waals surface area contributed by atoms with E-state index in [4.69, 9.17) is 0 Å². The molecule has 0 spiro atoms. The Morgan fingerprint density at radius 2 is 1.95 bits per heavy atom. The highest BCUT2D eigenvalue weighted by atomic mass is 32.2. The molecule has 0 aliphatic rings. The van der Waals surface area contributed by atoms with Crippen LogP contribution in [0.3, 0.4) is 0 Å². The summed E-state index contributed by atoms with van der Waals surface area (Å²) in [7, 11) is -3.23. The van der Waals surface area contributed by atoms with Crippen molar-refractivity contribution in [3.8, 4) is 0 Å². The second-order valence-electron chi connectivity index (χ2n) is 5.50. The van der Waals surface area contributed by atoms with Gasteiger partial charge in [0.1, 0.15) is 5.82 Å². The largest absolute Gasteiger partial charge is 0.314 e. The summed E-state index contributed by atoms with van der Waals surface area (Å²) in [5.41, 5.74) is 1.80. The first-order chi connectivity index (χ1) is 9.80. The van der Waals surface area contributed by atoms with E-state index in [0.717, 1.165) is 11.1 Å². The molecule has 0 bridgehead atoms. The smallest absolute Gasteiger partial charge is 0.211 e. The van der Waals surface area contributed by atoms with Crippen LogP contribution in [0.5, 0.6) is 0 Å². The molecule has 0 unspecified atom stereocenters. The molecule has 0 radical (unpaired) electrons. The van der Waals surface area contributed by atoms with Crippen LogP contribution in [0.4, 0.5) is 4.39 Å². The molecule has 0 atom stereocenters. The molecule has 0 saturated carbocycles. The Morgan fingerprint density at radius 3 is 2.57 bits per heavy atom. The molecule has 0 amide bonds. The van der Waals surface area contributed by atoms with Crippen LogP contribution in [-0.4, -0.2) is 33.3 Å². The van der Waals surface area contributed by atoms with Crippen molar-refractivity contribution >= 4 is 10.0 Å². The van der Waals surface area contributed by atoms with Gasteiger partial charge in [-0.1, -0.05) is 19.9 Å². The molecule has 1 rings (SSSR count). The molecular formula is C15H25FN2O2S. The van der Waals surface area contributed by atoms with Gasteiger partial charge in [0.25, 0.3) is 0 Å². The highest BCUT2D eigenvalue weighted by Crippen LogP contribution is 2.10. The summed E-state index contributed by atoms with van der Waals surface area (Å²) < 4.78 is 39.2. The number of benzene rings is 1. The van der Waals surface area contributed by atoms with Crippen LogP contribution < -0.4 is 10.0 Å². The van der Waals surface area contributed by atoms with Crippen LogP contribution in [0.25, 0.3) is 0 Å². The third-order valence-electron chi connectivity index (χ3n) is 3.16. The lowest BCUT2D eigenvalue weighted by atomic mass is 10.1. The number of hydrogen-bond acceptors (Lipinski definition) is 3. The predicted octanol–water partition coefficient (Wildman–Crippen LogP) is 1.98. The molecule has 21 heavy (non-hydrogen) atoms. The molecular weight excluding hydrogens is 291 g/mol. The predicted molar refractivity (Wildman–Crippen MR) is 84.4 cm³/mol. The van der Waals surface area contributed by atoms with Gasteiger partial charge in [-0.05, 0) is 49.6 Å². The van der Waals surface area contributed by atoms with Crippen LogP contribution in [0.2, 0.25) is 0 Å². The van der Waals surface area contributed by atoms with Gasteiger partial charge in [0, 0.05) is 12.6 Å². The SMILES string of the molecule is Cc1cc(F)ccc1CCNS(=O)(=O)CCCNC(C)C. The molecule has 0 aromatic heterocycles. The van der Waals surface area contributed by atoms with Crippen LogP contribution in [-0.2, 0) is 16.4 Å². The molecule has 0 aliphatic heterocycles. The number of aryl methyl sites for hydroxylation is 1. The summed E-state index contributed by atoms with van der Waals surface area (Å²) in [4.78, 5) is 0. The average Bonchev–Trinajstić information content (AvgIpc) is 2.37. The highest BCUT2D eigenvalue weighted by molar-refractivity contribution is 7.89. The topological polar surface area (TPSA) is 58.2 Å². The minimum absolute atomic E-state index is 0.120. The van der Waals surface area contributed by atoms with Crippen molar-refractivity contribution in [1.82, 2.24) is 10.0 Å². The van der Waals surface area contributed by atoms with E-state index in [9.17, 15) is 12.8 Å². The third kappa shape index (κ3) is 7.55. The Hall–Kier alpha value is -0.980. The first-order valence-corrected chi connectivity index (χ1v) is 8.91. The van der Waals surface area contributed by atoms with Crippen molar-refractivity contribution in [2.45, 2.75) is 39.7 Å². The molecule has 1 aromatic carbocycles. The fourth-order valence-corrected chi connectivity index (χ4v) is 3.09. The molecule has 120 valence electrons. The van der Waals surface area contributed by atoms with Gasteiger partial charge in [-0.25, -0.2) is 17.5 Å². The minimum atomic E-state index is -3.23. The van der Waals surface area contributed by atoms with E-state index in [2.05, 4.69) is 10.0 Å². The van der Waals surface area contributed by atoms with Crippen LogP contribution >= 0.6 is 0 Å². The van der Waals surface area contributed by atoms with Crippen molar-refractivity contribution in [1.29, 1.82) is 0 Å². The van der Waals surface area contributed by atoms with Gasteiger partial charge in [0.2, 0.25) is 10.0 Å². The summed E-state index contributed by atoms with van der Waals surface area (Å²) in [6.07, 6.45) is 1.15. The fourth-order valence-electron chi connectivity index (χ4n) is 2.01. The summed E-state index contributed by atoms with van der Waals surface area (Å²) in [6.45, 7) is 6.90. The van der Waals surface area contributed by atoms with Crippen molar-refractivity contribution in [2.24, 2.45) is 0 Å². The van der Waals surface area contributed by atoms with Gasteiger partial charge in [0.05, 0.1) is 5.75 Å². The van der Waals surface area contributed by atoms with E-state index in [1.54, 1.807) is 6.07 Å². The van der Waals surface area contributed by atoms with Gasteiger partial charge >= 0.3 is 0 Å². The monoisotopic (exact) mass is 316 g/mol. The first kappa shape index (κ1) is 18.1. The van der Waals surface area contributed by atoms with Crippen LogP contribution in [0.15, 0.2) is 18.2 Å². The summed E-state index contributed by atoms with van der Waals surface area (Å²) in [6, 6.07) is 4.92. The zero-order valence-corrected chi connectivity index (χ0v) is 13.8. The summed E-state index contributed by atoms with van der Waals surface area (Å²) in [5.74, 6) is -0.149. The van der Waals surface area contributed by atoms with Crippen LogP contribution in [0.1, 0.15) is 31.4 Å². The first-order valence-electron chi connectivity index (χ1n) is 7.26. The van der Waals surface area contributed by atoms with E-state index in [1.807, 2.05) is 20.8 Å². The molecule has 6 heteroatoms. The van der Waals surface area contributed by atoms with Gasteiger partial charge in [-0.15, -0.1) is 0 Å². The third-order valence-corrected chi connectivity index (χ3v) is 4.63. The lowest BCUT2D eigenvalue weighted by Gasteiger charge is -2.10. The van der Waals surface area contributed by atoms with E-state index in [-0.39, 0.29) is 11.6 Å². The Labute approximate surface area is 127 Å². The van der Waals surface area contributed by atoms with Gasteiger partial charge in [-0.2, -0.15) is 0 Å². The number of nitrogens with one attached hydrogen (secondary N) is 2. The summed E-state index contributed by atoms with van der Waals surface area (Å²) >= 11 is 0. The molecule has 0 aliphatic carbocycles. The quantitative estimate of drug-likeness (QED) is 0.685. The fraction of sp³-hybridized carbons (Fsp3) is 0.600. The van der Waals surface area contributed by atoms with Crippen molar-refractivity contribution in [3.05, 3.63) is 35.1 Å². The number of halogens is 1. The Balaban J connectivity index is 2.33. The maximum Gasteiger partial charge on any atom is 0.211 e. The maximum absolute atomic E-state index is 13.0. The molecule has 0 fully saturated rings. The summed E-state index contributed by atoms with van der Waals surface area (Å²) in [5, 5.41) is 3.19. The number of hydrogen-bond donors (Lipinski definition) is 2. The van der Waals surface area contributed by atoms with Crippen molar-refractivity contribution < 1.29 is 12.8 Å². The molecule has 2 N–H and O–H groups in total. The van der Waals surface area contributed by atoms with Crippen LogP contribution in [0, 0.1) is 12.7 Å². The molecule has 4 nitrogen and oxygen atoms in total. The number of sulfonamides is 1. The Morgan fingerprint density at radius 1 is 1.24 bits per heavy atom. The lowest BCUT2D eigenvalue weighted by molar-refractivity contribution is 0.561. The van der Waals surface area contributed by atoms with E-state index < -0.39 is 10.0 Å². The normalized spacial score (nSPS) is 12.0. The Bertz CT molecular complexity index is 545. The zero-order valence-electron chi connectivity index (χ0n) is 12.9. The second-order valence-corrected chi connectivity index (χ2v) is 7.42. The van der Waals surface area contributed by atoms with E-state index in [0.29, 0.717) is 32.0 Å². The lowest BCUT2D eigenvalue weighted by Crippen LogP contribution is -2.31. The van der Waals surface area contributed by atoms with Gasteiger partial charge in [-0.3, -0.25) is 0 Å². The average molecular weight is 316 g/mol. The van der Waals surface area contributed by atoms with E-state index in [1.165, 1.54) is 12.1 Å². The van der Waals surface area contributed by atoms with Crippen molar-refractivity contribution in [3.63, 3.8) is 0 Å². The Kier molecular flexibility index (Phi) is 7.28. The van der Waals surface area contributed by atoms with E-state index >= 15 is 0 Å². The highest BCUT2D eigenvalue weighted by Gasteiger charge is 2.09. The molecule has 0 saturated heterocycles. The number of rotatable bonds is 9. The standard InChI is InChI=1S/C15H25FN2O2S/c1-12(2)17-8-4-10-21(19,20)18-9-7-14-5-6-15(16)11-13(14)3/h5-6,11-12,17-18H,4,7-10H2,1-3H3. The van der Waals surface area contributed by atoms with Gasteiger partial charge < -0.3 is 5.32 Å². The van der Waals surface area contributed by atoms with Crippen molar-refractivity contribution in [2.75, 3.05) is 18.8 Å². The second kappa shape index (κ2) is 8.46. The molecule has 0 heterocycles. The zero-order chi connectivity index (χ0) is 15.9. The van der Waals surface area contributed by atoms with Gasteiger partial charge in [0.15, 0.2) is 0 Å². The minimum Gasteiger partial charge on any atom is -0.314 e.